The zero-order valence-electron chi connectivity index (χ0n) is 23.8. The van der Waals surface area contributed by atoms with Gasteiger partial charge in [-0.1, -0.05) is 55.8 Å². The van der Waals surface area contributed by atoms with Gasteiger partial charge in [-0.05, 0) is 80.3 Å². The molecule has 3 aromatic carbocycles. The maximum Gasteiger partial charge on any atom is 0.264 e. The predicted molar refractivity (Wildman–Crippen MR) is 163 cm³/mol. The van der Waals surface area contributed by atoms with Crippen molar-refractivity contribution in [1.29, 1.82) is 0 Å². The first-order chi connectivity index (χ1) is 19.7. The molecule has 3 rings (SSSR count). The Kier molecular flexibility index (Phi) is 12.0. The summed E-state index contributed by atoms with van der Waals surface area (Å²) in [5, 5.41) is 3.28. The summed E-state index contributed by atoms with van der Waals surface area (Å²) >= 11 is 6.01. The highest BCUT2D eigenvalue weighted by molar-refractivity contribution is 7.92. The summed E-state index contributed by atoms with van der Waals surface area (Å²) in [6, 6.07) is 21.2. The normalized spacial score (nSPS) is 11.9. The molecule has 0 aliphatic carbocycles. The second-order valence-corrected chi connectivity index (χ2v) is 11.7. The van der Waals surface area contributed by atoms with Gasteiger partial charge in [0.15, 0.2) is 0 Å². The van der Waals surface area contributed by atoms with Crippen LogP contribution in [0.2, 0.25) is 5.02 Å². The van der Waals surface area contributed by atoms with E-state index in [0.717, 1.165) is 16.3 Å². The number of carbonyl (C=O) groups is 2. The molecular weight excluding hydrogens is 562 g/mol. The molecule has 0 saturated heterocycles. The fourth-order valence-electron chi connectivity index (χ4n) is 4.40. The lowest BCUT2D eigenvalue weighted by Gasteiger charge is -2.33. The molecule has 0 aliphatic rings. The molecule has 0 fully saturated rings. The third kappa shape index (κ3) is 8.71. The lowest BCUT2D eigenvalue weighted by Crippen LogP contribution is -2.53. The lowest BCUT2D eigenvalue weighted by atomic mass is 10.1. The van der Waals surface area contributed by atoms with Crippen molar-refractivity contribution in [3.8, 4) is 5.75 Å². The summed E-state index contributed by atoms with van der Waals surface area (Å²) in [6.07, 6.45) is 1.64. The van der Waals surface area contributed by atoms with E-state index in [2.05, 4.69) is 5.32 Å². The first-order valence-corrected chi connectivity index (χ1v) is 15.6. The second kappa shape index (κ2) is 15.4. The topological polar surface area (TPSA) is 96.0 Å². The third-order valence-electron chi connectivity index (χ3n) is 6.54. The van der Waals surface area contributed by atoms with Gasteiger partial charge in [0.05, 0.1) is 17.2 Å². The van der Waals surface area contributed by atoms with E-state index in [9.17, 15) is 18.0 Å². The summed E-state index contributed by atoms with van der Waals surface area (Å²) in [5.74, 6) is -0.163. The summed E-state index contributed by atoms with van der Waals surface area (Å²) in [7, 11) is -4.17. The number of hydrogen-bond acceptors (Lipinski definition) is 5. The number of anilines is 1. The largest absolute Gasteiger partial charge is 0.494 e. The van der Waals surface area contributed by atoms with Gasteiger partial charge < -0.3 is 15.0 Å². The lowest BCUT2D eigenvalue weighted by molar-refractivity contribution is -0.139. The van der Waals surface area contributed by atoms with E-state index < -0.39 is 28.5 Å². The molecule has 0 saturated carbocycles. The molecule has 0 aliphatic heterocycles. The number of halogens is 1. The zero-order chi connectivity index (χ0) is 29.8. The van der Waals surface area contributed by atoms with Crippen LogP contribution in [0.3, 0.4) is 0 Å². The average Bonchev–Trinajstić information content (AvgIpc) is 2.98. The van der Waals surface area contributed by atoms with Gasteiger partial charge in [-0.2, -0.15) is 0 Å². The van der Waals surface area contributed by atoms with Gasteiger partial charge in [-0.15, -0.1) is 0 Å². The fraction of sp³-hybridized carbons (Fsp3) is 0.355. The van der Waals surface area contributed by atoms with Crippen LogP contribution in [0.5, 0.6) is 5.75 Å². The molecule has 220 valence electrons. The number of ether oxygens (including phenoxy) is 1. The molecular formula is C31H38ClN3O5S. The van der Waals surface area contributed by atoms with E-state index in [1.165, 1.54) is 29.2 Å². The summed E-state index contributed by atoms with van der Waals surface area (Å²) < 4.78 is 34.4. The molecule has 1 N–H and O–H groups in total. The number of nitrogens with one attached hydrogen (secondary N) is 1. The Hall–Kier alpha value is -3.56. The van der Waals surface area contributed by atoms with Crippen molar-refractivity contribution < 1.29 is 22.7 Å². The van der Waals surface area contributed by atoms with Gasteiger partial charge in [-0.3, -0.25) is 13.9 Å². The average molecular weight is 600 g/mol. The molecule has 41 heavy (non-hydrogen) atoms. The van der Waals surface area contributed by atoms with Crippen molar-refractivity contribution in [2.45, 2.75) is 51.0 Å². The van der Waals surface area contributed by atoms with Gasteiger partial charge in [0.2, 0.25) is 11.8 Å². The SMILES string of the molecule is CCCNC(=O)[C@@H](CC)N(CCc1ccccc1)C(=O)CN(c1ccc(OCC)cc1)S(=O)(=O)c1ccc(Cl)cc1. The zero-order valence-corrected chi connectivity index (χ0v) is 25.3. The molecule has 0 aromatic heterocycles. The number of hydrogen-bond donors (Lipinski definition) is 1. The maximum atomic E-state index is 14.0. The first-order valence-electron chi connectivity index (χ1n) is 13.8. The molecule has 2 amide bonds. The molecule has 3 aromatic rings. The molecule has 8 nitrogen and oxygen atoms in total. The van der Waals surface area contributed by atoms with Crippen LogP contribution < -0.4 is 14.4 Å². The van der Waals surface area contributed by atoms with Crippen molar-refractivity contribution in [1.82, 2.24) is 10.2 Å². The number of sulfonamides is 1. The van der Waals surface area contributed by atoms with Gasteiger partial charge in [0, 0.05) is 18.1 Å². The number of nitrogens with zero attached hydrogens (tertiary/aromatic N) is 2. The van der Waals surface area contributed by atoms with Crippen LogP contribution in [0, 0.1) is 0 Å². The minimum atomic E-state index is -4.17. The quantitative estimate of drug-likeness (QED) is 0.255. The minimum Gasteiger partial charge on any atom is -0.494 e. The second-order valence-electron chi connectivity index (χ2n) is 9.43. The standard InChI is InChI=1S/C31H38ClN3O5S/c1-4-21-33-31(37)29(5-2)34(22-20-24-10-8-7-9-11-24)30(36)23-35(26-14-16-27(17-15-26)40-6-3)41(38,39)28-18-12-25(32)13-19-28/h7-19,29H,4-6,20-23H2,1-3H3,(H,33,37)/t29-/m1/s1. The van der Waals surface area contributed by atoms with Crippen molar-refractivity contribution in [2.75, 3.05) is 30.5 Å². The predicted octanol–water partition coefficient (Wildman–Crippen LogP) is 5.31. The van der Waals surface area contributed by atoms with Crippen LogP contribution >= 0.6 is 11.6 Å². The van der Waals surface area contributed by atoms with Gasteiger partial charge >= 0.3 is 0 Å². The smallest absolute Gasteiger partial charge is 0.264 e. The van der Waals surface area contributed by atoms with E-state index in [1.54, 1.807) is 24.3 Å². The minimum absolute atomic E-state index is 0.00727. The Morgan fingerprint density at radius 1 is 0.927 bits per heavy atom. The van der Waals surface area contributed by atoms with E-state index in [0.29, 0.717) is 42.5 Å². The van der Waals surface area contributed by atoms with Crippen LogP contribution in [0.25, 0.3) is 0 Å². The Morgan fingerprint density at radius 3 is 2.17 bits per heavy atom. The van der Waals surface area contributed by atoms with Crippen molar-refractivity contribution in [3.05, 3.63) is 89.4 Å². The highest BCUT2D eigenvalue weighted by Gasteiger charge is 2.33. The molecule has 0 spiro atoms. The molecule has 10 heteroatoms. The fourth-order valence-corrected chi connectivity index (χ4v) is 5.94. The summed E-state index contributed by atoms with van der Waals surface area (Å²) in [4.78, 5) is 28.6. The first kappa shape index (κ1) is 32.0. The van der Waals surface area contributed by atoms with Crippen molar-refractivity contribution in [2.24, 2.45) is 0 Å². The summed E-state index contributed by atoms with van der Waals surface area (Å²) in [6.45, 7) is 6.35. The van der Waals surface area contributed by atoms with E-state index in [1.807, 2.05) is 51.1 Å². The van der Waals surface area contributed by atoms with E-state index in [4.69, 9.17) is 16.3 Å². The molecule has 0 radical (unpaired) electrons. The van der Waals surface area contributed by atoms with E-state index in [-0.39, 0.29) is 17.3 Å². The highest BCUT2D eigenvalue weighted by atomic mass is 35.5. The van der Waals surface area contributed by atoms with Crippen LogP contribution in [-0.2, 0) is 26.0 Å². The number of carbonyl (C=O) groups excluding carboxylic acids is 2. The van der Waals surface area contributed by atoms with Gasteiger partial charge in [0.1, 0.15) is 18.3 Å². The Bertz CT molecular complexity index is 1370. The molecule has 0 heterocycles. The van der Waals surface area contributed by atoms with Crippen molar-refractivity contribution in [3.63, 3.8) is 0 Å². The van der Waals surface area contributed by atoms with Crippen LogP contribution in [0.15, 0.2) is 83.8 Å². The Labute approximate surface area is 248 Å². The molecule has 0 bridgehead atoms. The maximum absolute atomic E-state index is 14.0. The van der Waals surface area contributed by atoms with Crippen LogP contribution in [0.1, 0.15) is 39.2 Å². The van der Waals surface area contributed by atoms with Crippen LogP contribution in [-0.4, -0.2) is 57.4 Å². The Morgan fingerprint density at radius 2 is 1.59 bits per heavy atom. The summed E-state index contributed by atoms with van der Waals surface area (Å²) in [5.41, 5.74) is 1.30. The van der Waals surface area contributed by atoms with Crippen LogP contribution in [0.4, 0.5) is 5.69 Å². The third-order valence-corrected chi connectivity index (χ3v) is 8.58. The van der Waals surface area contributed by atoms with Gasteiger partial charge in [-0.25, -0.2) is 8.42 Å². The molecule has 1 atom stereocenters. The Balaban J connectivity index is 2.00. The highest BCUT2D eigenvalue weighted by Crippen LogP contribution is 2.27. The number of rotatable bonds is 15. The number of amides is 2. The molecule has 0 unspecified atom stereocenters. The number of benzene rings is 3. The van der Waals surface area contributed by atoms with Crippen molar-refractivity contribution >= 4 is 39.1 Å². The van der Waals surface area contributed by atoms with E-state index >= 15 is 0 Å². The monoisotopic (exact) mass is 599 g/mol. The van der Waals surface area contributed by atoms with Gasteiger partial charge in [0.25, 0.3) is 10.0 Å².